The van der Waals surface area contributed by atoms with Crippen LogP contribution in [-0.2, 0) is 6.18 Å². The number of para-hydroxylation sites is 2. The first-order valence-corrected chi connectivity index (χ1v) is 10.6. The van der Waals surface area contributed by atoms with E-state index in [2.05, 4.69) is 5.32 Å². The standard InChI is InChI=1S/C25H21F4N3O2/c26-17-10-11-19(21(16-17)25(27,28)29)23(33)31-12-14-32(15-13-31)24(34)20-8-4-5-9-22(20)30-18-6-2-1-3-7-18/h1-11,16,30H,12-15H2. The molecule has 1 heterocycles. The van der Waals surface area contributed by atoms with Crippen LogP contribution < -0.4 is 5.32 Å². The summed E-state index contributed by atoms with van der Waals surface area (Å²) in [5, 5.41) is 3.22. The van der Waals surface area contributed by atoms with E-state index in [0.717, 1.165) is 17.8 Å². The average molecular weight is 471 g/mol. The molecule has 0 atom stereocenters. The summed E-state index contributed by atoms with van der Waals surface area (Å²) in [4.78, 5) is 28.8. The van der Waals surface area contributed by atoms with Gasteiger partial charge in [0.25, 0.3) is 11.8 Å². The van der Waals surface area contributed by atoms with Crippen LogP contribution in [0.3, 0.4) is 0 Å². The maximum atomic E-state index is 13.4. The number of piperazine rings is 1. The fraction of sp³-hybridized carbons (Fsp3) is 0.200. The number of anilines is 2. The molecule has 1 saturated heterocycles. The zero-order valence-electron chi connectivity index (χ0n) is 18.0. The van der Waals surface area contributed by atoms with Gasteiger partial charge < -0.3 is 15.1 Å². The van der Waals surface area contributed by atoms with Gasteiger partial charge in [0.05, 0.1) is 22.4 Å². The monoisotopic (exact) mass is 471 g/mol. The van der Waals surface area contributed by atoms with Gasteiger partial charge in [-0.05, 0) is 42.5 Å². The minimum atomic E-state index is -4.86. The second kappa shape index (κ2) is 9.54. The van der Waals surface area contributed by atoms with Gasteiger partial charge in [-0.3, -0.25) is 9.59 Å². The number of amides is 2. The van der Waals surface area contributed by atoms with Gasteiger partial charge in [0, 0.05) is 31.9 Å². The number of halogens is 4. The number of nitrogens with one attached hydrogen (secondary N) is 1. The Morgan fingerprint density at radius 1 is 0.735 bits per heavy atom. The Labute approximate surface area is 193 Å². The number of carbonyl (C=O) groups is 2. The highest BCUT2D eigenvalue weighted by molar-refractivity contribution is 6.01. The first-order valence-electron chi connectivity index (χ1n) is 10.6. The smallest absolute Gasteiger partial charge is 0.355 e. The Morgan fingerprint density at radius 3 is 1.91 bits per heavy atom. The van der Waals surface area contributed by atoms with E-state index in [-0.39, 0.29) is 32.1 Å². The average Bonchev–Trinajstić information content (AvgIpc) is 2.84. The van der Waals surface area contributed by atoms with Gasteiger partial charge in [0.2, 0.25) is 0 Å². The molecule has 0 aromatic heterocycles. The summed E-state index contributed by atoms with van der Waals surface area (Å²) in [6.45, 7) is 0.445. The van der Waals surface area contributed by atoms with Crippen molar-refractivity contribution in [3.8, 4) is 0 Å². The lowest BCUT2D eigenvalue weighted by molar-refractivity contribution is -0.138. The normalized spacial score (nSPS) is 14.1. The van der Waals surface area contributed by atoms with Gasteiger partial charge in [0.15, 0.2) is 0 Å². The Kier molecular flexibility index (Phi) is 6.54. The van der Waals surface area contributed by atoms with Crippen molar-refractivity contribution in [3.05, 3.63) is 95.3 Å². The van der Waals surface area contributed by atoms with E-state index in [1.165, 1.54) is 4.90 Å². The maximum Gasteiger partial charge on any atom is 0.417 e. The molecule has 1 fully saturated rings. The Bertz CT molecular complexity index is 1190. The summed E-state index contributed by atoms with van der Waals surface area (Å²) < 4.78 is 53.3. The van der Waals surface area contributed by atoms with Crippen LogP contribution in [0.2, 0.25) is 0 Å². The highest BCUT2D eigenvalue weighted by Crippen LogP contribution is 2.33. The topological polar surface area (TPSA) is 52.7 Å². The molecule has 4 rings (SSSR count). The third-order valence-electron chi connectivity index (χ3n) is 5.58. The Morgan fingerprint density at radius 2 is 1.29 bits per heavy atom. The zero-order valence-corrected chi connectivity index (χ0v) is 18.0. The van der Waals surface area contributed by atoms with Gasteiger partial charge in [0.1, 0.15) is 5.82 Å². The predicted molar refractivity (Wildman–Crippen MR) is 119 cm³/mol. The van der Waals surface area contributed by atoms with Crippen molar-refractivity contribution in [2.45, 2.75) is 6.18 Å². The van der Waals surface area contributed by atoms with Crippen LogP contribution in [0, 0.1) is 5.82 Å². The largest absolute Gasteiger partial charge is 0.417 e. The Balaban J connectivity index is 1.46. The van der Waals surface area contributed by atoms with E-state index in [9.17, 15) is 27.2 Å². The van der Waals surface area contributed by atoms with Crippen molar-refractivity contribution in [1.82, 2.24) is 9.80 Å². The molecule has 0 spiro atoms. The lowest BCUT2D eigenvalue weighted by atomic mass is 10.0. The molecule has 176 valence electrons. The summed E-state index contributed by atoms with van der Waals surface area (Å²) in [5.74, 6) is -2.16. The van der Waals surface area contributed by atoms with Crippen LogP contribution in [0.1, 0.15) is 26.3 Å². The highest BCUT2D eigenvalue weighted by atomic mass is 19.4. The second-order valence-corrected chi connectivity index (χ2v) is 7.81. The second-order valence-electron chi connectivity index (χ2n) is 7.81. The number of rotatable bonds is 4. The minimum Gasteiger partial charge on any atom is -0.355 e. The predicted octanol–water partition coefficient (Wildman–Crippen LogP) is 5.19. The van der Waals surface area contributed by atoms with Crippen LogP contribution in [0.15, 0.2) is 72.8 Å². The molecule has 1 aliphatic rings. The Hall–Kier alpha value is -3.88. The molecule has 0 aliphatic carbocycles. The van der Waals surface area contributed by atoms with Crippen molar-refractivity contribution < 1.29 is 27.2 Å². The van der Waals surface area contributed by atoms with E-state index >= 15 is 0 Å². The number of alkyl halides is 3. The number of carbonyl (C=O) groups excluding carboxylic acids is 2. The van der Waals surface area contributed by atoms with Crippen LogP contribution in [0.5, 0.6) is 0 Å². The molecule has 0 bridgehead atoms. The molecular formula is C25H21F4N3O2. The molecule has 1 N–H and O–H groups in total. The fourth-order valence-corrected chi connectivity index (χ4v) is 3.85. The molecule has 0 radical (unpaired) electrons. The lowest BCUT2D eigenvalue weighted by Crippen LogP contribution is -2.50. The molecule has 3 aromatic rings. The minimum absolute atomic E-state index is 0.0630. The molecule has 5 nitrogen and oxygen atoms in total. The molecule has 0 saturated carbocycles. The van der Waals surface area contributed by atoms with E-state index in [4.69, 9.17) is 0 Å². The molecule has 34 heavy (non-hydrogen) atoms. The summed E-state index contributed by atoms with van der Waals surface area (Å²) in [5.41, 5.74) is -0.0247. The van der Waals surface area contributed by atoms with Crippen molar-refractivity contribution in [3.63, 3.8) is 0 Å². The van der Waals surface area contributed by atoms with Crippen molar-refractivity contribution >= 4 is 23.2 Å². The summed E-state index contributed by atoms with van der Waals surface area (Å²) in [6, 6.07) is 18.4. The lowest BCUT2D eigenvalue weighted by Gasteiger charge is -2.35. The molecule has 9 heteroatoms. The first-order chi connectivity index (χ1) is 16.2. The quantitative estimate of drug-likeness (QED) is 0.533. The van der Waals surface area contributed by atoms with Gasteiger partial charge in [-0.1, -0.05) is 30.3 Å². The van der Waals surface area contributed by atoms with Gasteiger partial charge in [-0.25, -0.2) is 4.39 Å². The number of benzene rings is 3. The number of hydrogen-bond donors (Lipinski definition) is 1. The van der Waals surface area contributed by atoms with E-state index in [1.807, 2.05) is 30.3 Å². The third kappa shape index (κ3) is 5.03. The maximum absolute atomic E-state index is 13.4. The molecule has 0 unspecified atom stereocenters. The SMILES string of the molecule is O=C(c1ccccc1Nc1ccccc1)N1CCN(C(=O)c2ccc(F)cc2C(F)(F)F)CC1. The van der Waals surface area contributed by atoms with Crippen LogP contribution in [0.4, 0.5) is 28.9 Å². The first kappa shape index (κ1) is 23.3. The van der Waals surface area contributed by atoms with E-state index < -0.39 is 29.0 Å². The van der Waals surface area contributed by atoms with E-state index in [0.29, 0.717) is 17.3 Å². The highest BCUT2D eigenvalue weighted by Gasteiger charge is 2.37. The van der Waals surface area contributed by atoms with Gasteiger partial charge >= 0.3 is 6.18 Å². The summed E-state index contributed by atoms with van der Waals surface area (Å²) in [7, 11) is 0. The third-order valence-corrected chi connectivity index (χ3v) is 5.58. The molecule has 2 amide bonds. The summed E-state index contributed by atoms with van der Waals surface area (Å²) in [6.07, 6.45) is -4.86. The van der Waals surface area contributed by atoms with Crippen LogP contribution in [-0.4, -0.2) is 47.8 Å². The molecule has 3 aromatic carbocycles. The number of hydrogen-bond acceptors (Lipinski definition) is 3. The van der Waals surface area contributed by atoms with Crippen LogP contribution >= 0.6 is 0 Å². The number of nitrogens with zero attached hydrogens (tertiary/aromatic N) is 2. The van der Waals surface area contributed by atoms with Crippen molar-refractivity contribution in [2.75, 3.05) is 31.5 Å². The molecule has 1 aliphatic heterocycles. The van der Waals surface area contributed by atoms with Crippen molar-refractivity contribution in [2.24, 2.45) is 0 Å². The van der Waals surface area contributed by atoms with Crippen LogP contribution in [0.25, 0.3) is 0 Å². The van der Waals surface area contributed by atoms with Gasteiger partial charge in [-0.2, -0.15) is 13.2 Å². The van der Waals surface area contributed by atoms with Gasteiger partial charge in [-0.15, -0.1) is 0 Å². The van der Waals surface area contributed by atoms with E-state index in [1.54, 1.807) is 29.2 Å². The zero-order chi connectivity index (χ0) is 24.3. The fourth-order valence-electron chi connectivity index (χ4n) is 3.85. The van der Waals surface area contributed by atoms with Crippen molar-refractivity contribution in [1.29, 1.82) is 0 Å². The molecular weight excluding hydrogens is 450 g/mol. The summed E-state index contributed by atoms with van der Waals surface area (Å²) >= 11 is 0.